The third kappa shape index (κ3) is 3.60. The molecule has 0 aliphatic rings. The van der Waals surface area contributed by atoms with Crippen LogP contribution in [0.15, 0.2) is 35.5 Å². The molecule has 0 unspecified atom stereocenters. The number of rotatable bonds is 6. The largest absolute Gasteiger partial charge is 0.493 e. The smallest absolute Gasteiger partial charge is 0.387 e. The fraction of sp³-hybridized carbons (Fsp3) is 0.182. The second-order valence-corrected chi connectivity index (χ2v) is 5.42. The van der Waals surface area contributed by atoms with Gasteiger partial charge in [-0.2, -0.15) is 22.3 Å². The Bertz CT molecular complexity index is 704. The average molecular weight is 319 g/mol. The molecular formula is C11H11F2N3O4S. The highest BCUT2D eigenvalue weighted by Gasteiger charge is 2.17. The second kappa shape index (κ2) is 5.95. The minimum absolute atomic E-state index is 0.0426. The average Bonchev–Trinajstić information content (AvgIpc) is 2.92. The lowest BCUT2D eigenvalue weighted by Crippen LogP contribution is -2.13. The molecule has 2 N–H and O–H groups in total. The first-order valence-electron chi connectivity index (χ1n) is 5.57. The number of nitrogens with zero attached hydrogens (tertiary/aromatic N) is 1. The number of hydrogen-bond acceptors (Lipinski definition) is 5. The summed E-state index contributed by atoms with van der Waals surface area (Å²) in [6.45, 7) is -3.06. The summed E-state index contributed by atoms with van der Waals surface area (Å²) in [5.41, 5.74) is 0.0426. The van der Waals surface area contributed by atoms with Crippen LogP contribution in [0.1, 0.15) is 0 Å². The number of aromatic nitrogens is 2. The fourth-order valence-corrected chi connectivity index (χ4v) is 2.49. The van der Waals surface area contributed by atoms with Gasteiger partial charge >= 0.3 is 6.61 Å². The van der Waals surface area contributed by atoms with E-state index in [9.17, 15) is 17.2 Å². The molecule has 114 valence electrons. The molecule has 0 spiro atoms. The number of methoxy groups -OCH3 is 1. The Kier molecular flexibility index (Phi) is 4.26. The molecule has 1 aromatic heterocycles. The van der Waals surface area contributed by atoms with E-state index < -0.39 is 16.6 Å². The predicted octanol–water partition coefficient (Wildman–Crippen LogP) is 1.82. The number of halogens is 2. The van der Waals surface area contributed by atoms with Gasteiger partial charge in [-0.15, -0.1) is 0 Å². The highest BCUT2D eigenvalue weighted by Crippen LogP contribution is 2.32. The number of nitrogens with one attached hydrogen (secondary N) is 2. The fourth-order valence-electron chi connectivity index (χ4n) is 1.53. The Balaban J connectivity index is 2.29. The van der Waals surface area contributed by atoms with Crippen molar-refractivity contribution in [2.24, 2.45) is 0 Å². The van der Waals surface area contributed by atoms with Gasteiger partial charge in [0.1, 0.15) is 0 Å². The molecule has 1 aromatic carbocycles. The first-order chi connectivity index (χ1) is 9.92. The van der Waals surface area contributed by atoms with Crippen LogP contribution in [0, 0.1) is 0 Å². The number of H-pyrrole nitrogens is 1. The third-order valence-electron chi connectivity index (χ3n) is 2.40. The van der Waals surface area contributed by atoms with E-state index in [1.165, 1.54) is 31.5 Å². The van der Waals surface area contributed by atoms with Gasteiger partial charge in [0.15, 0.2) is 16.5 Å². The van der Waals surface area contributed by atoms with E-state index in [1.54, 1.807) is 0 Å². The topological polar surface area (TPSA) is 93.3 Å². The number of benzene rings is 1. The van der Waals surface area contributed by atoms with E-state index in [1.807, 2.05) is 0 Å². The van der Waals surface area contributed by atoms with Crippen LogP contribution < -0.4 is 14.2 Å². The highest BCUT2D eigenvalue weighted by atomic mass is 32.2. The zero-order valence-corrected chi connectivity index (χ0v) is 11.5. The van der Waals surface area contributed by atoms with Crippen LogP contribution in [0.2, 0.25) is 0 Å². The van der Waals surface area contributed by atoms with Gasteiger partial charge in [0, 0.05) is 6.07 Å². The van der Waals surface area contributed by atoms with E-state index in [2.05, 4.69) is 19.7 Å². The molecule has 0 saturated carbocycles. The first-order valence-corrected chi connectivity index (χ1v) is 7.06. The molecule has 10 heteroatoms. The summed E-state index contributed by atoms with van der Waals surface area (Å²) in [4.78, 5) is 0. The Labute approximate surface area is 118 Å². The maximum Gasteiger partial charge on any atom is 0.387 e. The van der Waals surface area contributed by atoms with E-state index >= 15 is 0 Å². The molecule has 0 aliphatic carbocycles. The summed E-state index contributed by atoms with van der Waals surface area (Å²) < 4.78 is 59.8. The van der Waals surface area contributed by atoms with E-state index in [0.29, 0.717) is 0 Å². The SMILES string of the molecule is COc1ccc(NS(=O)(=O)c2ccn[nH]2)cc1OC(F)F. The Morgan fingerprint density at radius 3 is 2.62 bits per heavy atom. The summed E-state index contributed by atoms with van der Waals surface area (Å²) in [7, 11) is -2.61. The van der Waals surface area contributed by atoms with Crippen LogP contribution >= 0.6 is 0 Å². The van der Waals surface area contributed by atoms with Gasteiger partial charge in [0.05, 0.1) is 19.0 Å². The molecule has 0 fully saturated rings. The van der Waals surface area contributed by atoms with Crippen molar-refractivity contribution in [3.63, 3.8) is 0 Å². The predicted molar refractivity (Wildman–Crippen MR) is 69.0 cm³/mol. The zero-order chi connectivity index (χ0) is 15.5. The van der Waals surface area contributed by atoms with Gasteiger partial charge < -0.3 is 9.47 Å². The number of hydrogen-bond donors (Lipinski definition) is 2. The Hall–Kier alpha value is -2.36. The number of alkyl halides is 2. The summed E-state index contributed by atoms with van der Waals surface area (Å²) in [6.07, 6.45) is 1.27. The lowest BCUT2D eigenvalue weighted by atomic mass is 10.3. The number of anilines is 1. The van der Waals surface area contributed by atoms with Crippen molar-refractivity contribution < 1.29 is 26.7 Å². The monoisotopic (exact) mass is 319 g/mol. The van der Waals surface area contributed by atoms with Crippen molar-refractivity contribution in [2.75, 3.05) is 11.8 Å². The van der Waals surface area contributed by atoms with Crippen LogP contribution in [0.5, 0.6) is 11.5 Å². The number of aromatic amines is 1. The minimum atomic E-state index is -3.89. The maximum atomic E-state index is 12.3. The molecule has 0 amide bonds. The van der Waals surface area contributed by atoms with E-state index in [-0.39, 0.29) is 22.2 Å². The van der Waals surface area contributed by atoms with Crippen LogP contribution in [0.25, 0.3) is 0 Å². The molecule has 0 atom stereocenters. The molecule has 7 nitrogen and oxygen atoms in total. The maximum absolute atomic E-state index is 12.3. The molecule has 2 aromatic rings. The molecule has 0 bridgehead atoms. The molecule has 2 rings (SSSR count). The van der Waals surface area contributed by atoms with Crippen molar-refractivity contribution in [1.29, 1.82) is 0 Å². The van der Waals surface area contributed by atoms with Crippen LogP contribution in [0.4, 0.5) is 14.5 Å². The molecule has 0 aliphatic heterocycles. The van der Waals surface area contributed by atoms with Gasteiger partial charge in [-0.05, 0) is 18.2 Å². The zero-order valence-electron chi connectivity index (χ0n) is 10.7. The molecule has 0 saturated heterocycles. The Morgan fingerprint density at radius 2 is 2.05 bits per heavy atom. The van der Waals surface area contributed by atoms with Crippen molar-refractivity contribution in [3.8, 4) is 11.5 Å². The van der Waals surface area contributed by atoms with Crippen LogP contribution in [0.3, 0.4) is 0 Å². The number of sulfonamides is 1. The second-order valence-electron chi connectivity index (χ2n) is 3.77. The van der Waals surface area contributed by atoms with Crippen molar-refractivity contribution in [2.45, 2.75) is 11.6 Å². The molecule has 1 heterocycles. The van der Waals surface area contributed by atoms with Crippen molar-refractivity contribution >= 4 is 15.7 Å². The van der Waals surface area contributed by atoms with Gasteiger partial charge in [-0.1, -0.05) is 0 Å². The third-order valence-corrected chi connectivity index (χ3v) is 3.71. The van der Waals surface area contributed by atoms with Crippen LogP contribution in [-0.2, 0) is 10.0 Å². The van der Waals surface area contributed by atoms with Gasteiger partial charge in [0.25, 0.3) is 10.0 Å². The highest BCUT2D eigenvalue weighted by molar-refractivity contribution is 7.92. The normalized spacial score (nSPS) is 11.4. The molecule has 21 heavy (non-hydrogen) atoms. The number of ether oxygens (including phenoxy) is 2. The van der Waals surface area contributed by atoms with Gasteiger partial charge in [-0.3, -0.25) is 9.82 Å². The Morgan fingerprint density at radius 1 is 1.29 bits per heavy atom. The van der Waals surface area contributed by atoms with E-state index in [4.69, 9.17) is 4.74 Å². The quantitative estimate of drug-likeness (QED) is 0.847. The first kappa shape index (κ1) is 15.0. The lowest BCUT2D eigenvalue weighted by molar-refractivity contribution is -0.0511. The van der Waals surface area contributed by atoms with Crippen LogP contribution in [-0.4, -0.2) is 32.3 Å². The lowest BCUT2D eigenvalue weighted by Gasteiger charge is -2.12. The summed E-state index contributed by atoms with van der Waals surface area (Å²) in [6, 6.07) is 5.01. The summed E-state index contributed by atoms with van der Waals surface area (Å²) in [5, 5.41) is 5.66. The standard InChI is InChI=1S/C11H11F2N3O4S/c1-19-8-3-2-7(6-9(8)20-11(12)13)16-21(17,18)10-4-5-14-15-10/h2-6,11,16H,1H3,(H,14,15). The summed E-state index contributed by atoms with van der Waals surface area (Å²) >= 11 is 0. The molecular weight excluding hydrogens is 308 g/mol. The van der Waals surface area contributed by atoms with E-state index in [0.717, 1.165) is 6.07 Å². The summed E-state index contributed by atoms with van der Waals surface area (Å²) in [5.74, 6) is -0.225. The van der Waals surface area contributed by atoms with Gasteiger partial charge in [-0.25, -0.2) is 0 Å². The minimum Gasteiger partial charge on any atom is -0.493 e. The van der Waals surface area contributed by atoms with Crippen molar-refractivity contribution in [3.05, 3.63) is 30.5 Å². The molecule has 0 radical (unpaired) electrons. The van der Waals surface area contributed by atoms with Gasteiger partial charge in [0.2, 0.25) is 0 Å². The van der Waals surface area contributed by atoms with Crippen molar-refractivity contribution in [1.82, 2.24) is 10.2 Å².